The highest BCUT2D eigenvalue weighted by molar-refractivity contribution is 7.71. The Labute approximate surface area is 101 Å². The van der Waals surface area contributed by atoms with Gasteiger partial charge in [0, 0.05) is 20.1 Å². The van der Waals surface area contributed by atoms with Crippen molar-refractivity contribution in [2.45, 2.75) is 6.92 Å². The van der Waals surface area contributed by atoms with Gasteiger partial charge < -0.3 is 15.0 Å². The SMILES string of the molecule is CNCCOCCN(C)c1c(C)c(=S)c1=O. The average Bonchev–Trinajstić information content (AvgIpc) is 2.28. The summed E-state index contributed by atoms with van der Waals surface area (Å²) in [4.78, 5) is 13.4. The van der Waals surface area contributed by atoms with Crippen LogP contribution >= 0.6 is 12.2 Å². The molecule has 90 valence electrons. The van der Waals surface area contributed by atoms with Gasteiger partial charge in [0.25, 0.3) is 0 Å². The maximum atomic E-state index is 11.5. The molecule has 0 aliphatic heterocycles. The molecule has 0 aliphatic rings. The lowest BCUT2D eigenvalue weighted by molar-refractivity contribution is 0.144. The predicted molar refractivity (Wildman–Crippen MR) is 68.7 cm³/mol. The molecular weight excluding hydrogens is 224 g/mol. The van der Waals surface area contributed by atoms with Crippen molar-refractivity contribution < 1.29 is 4.74 Å². The van der Waals surface area contributed by atoms with Gasteiger partial charge in [-0.3, -0.25) is 4.79 Å². The van der Waals surface area contributed by atoms with Gasteiger partial charge in [-0.15, -0.1) is 0 Å². The molecule has 0 spiro atoms. The van der Waals surface area contributed by atoms with E-state index in [-0.39, 0.29) is 5.43 Å². The molecule has 0 bridgehead atoms. The number of ether oxygens (including phenoxy) is 1. The number of nitrogens with zero attached hydrogens (tertiary/aromatic N) is 1. The van der Waals surface area contributed by atoms with E-state index in [1.54, 1.807) is 0 Å². The smallest absolute Gasteiger partial charge is 0.220 e. The highest BCUT2D eigenvalue weighted by Gasteiger charge is 2.16. The average molecular weight is 242 g/mol. The molecule has 0 heterocycles. The molecule has 0 saturated heterocycles. The fourth-order valence-electron chi connectivity index (χ4n) is 1.54. The van der Waals surface area contributed by atoms with Crippen LogP contribution in [-0.4, -0.2) is 40.4 Å². The molecule has 1 aromatic carbocycles. The highest BCUT2D eigenvalue weighted by atomic mass is 32.1. The van der Waals surface area contributed by atoms with E-state index >= 15 is 0 Å². The molecule has 0 radical (unpaired) electrons. The summed E-state index contributed by atoms with van der Waals surface area (Å²) < 4.78 is 5.86. The molecule has 0 aliphatic carbocycles. The second-order valence-electron chi connectivity index (χ2n) is 3.77. The predicted octanol–water partition coefficient (Wildman–Crippen LogP) is 0.633. The van der Waals surface area contributed by atoms with Crippen molar-refractivity contribution in [3.63, 3.8) is 0 Å². The Morgan fingerprint density at radius 3 is 2.69 bits per heavy atom. The summed E-state index contributed by atoms with van der Waals surface area (Å²) in [6.07, 6.45) is 0. The van der Waals surface area contributed by atoms with E-state index in [1.165, 1.54) is 0 Å². The topological polar surface area (TPSA) is 41.6 Å². The maximum absolute atomic E-state index is 11.5. The van der Waals surface area contributed by atoms with E-state index in [1.807, 2.05) is 25.9 Å². The number of rotatable bonds is 7. The van der Waals surface area contributed by atoms with Gasteiger partial charge in [-0.25, -0.2) is 0 Å². The minimum absolute atomic E-state index is 0.00905. The van der Waals surface area contributed by atoms with Gasteiger partial charge in [-0.2, -0.15) is 0 Å². The van der Waals surface area contributed by atoms with E-state index in [0.29, 0.717) is 24.3 Å². The number of anilines is 1. The van der Waals surface area contributed by atoms with Gasteiger partial charge in [0.1, 0.15) is 0 Å². The summed E-state index contributed by atoms with van der Waals surface area (Å²) in [5, 5.41) is 3.00. The fraction of sp³-hybridized carbons (Fsp3) is 0.636. The van der Waals surface area contributed by atoms with Crippen LogP contribution in [0.3, 0.4) is 0 Å². The first-order valence-corrected chi connectivity index (χ1v) is 5.73. The van der Waals surface area contributed by atoms with E-state index in [0.717, 1.165) is 17.8 Å². The van der Waals surface area contributed by atoms with Crippen molar-refractivity contribution in [2.24, 2.45) is 0 Å². The van der Waals surface area contributed by atoms with Crippen LogP contribution in [0.4, 0.5) is 5.69 Å². The Balaban J connectivity index is 2.34. The summed E-state index contributed by atoms with van der Waals surface area (Å²) in [6.45, 7) is 4.75. The van der Waals surface area contributed by atoms with Crippen LogP contribution in [-0.2, 0) is 4.74 Å². The highest BCUT2D eigenvalue weighted by Crippen LogP contribution is 2.17. The van der Waals surface area contributed by atoms with Crippen molar-refractivity contribution in [3.05, 3.63) is 20.3 Å². The van der Waals surface area contributed by atoms with Gasteiger partial charge in [-0.05, 0) is 19.5 Å². The number of hydrogen-bond acceptors (Lipinski definition) is 5. The summed E-state index contributed by atoms with van der Waals surface area (Å²) >= 11 is 4.92. The Morgan fingerprint density at radius 1 is 1.44 bits per heavy atom. The molecule has 16 heavy (non-hydrogen) atoms. The molecule has 1 rings (SSSR count). The summed E-state index contributed by atoms with van der Waals surface area (Å²) in [6, 6.07) is 0. The molecule has 0 atom stereocenters. The maximum Gasteiger partial charge on any atom is 0.220 e. The van der Waals surface area contributed by atoms with E-state index < -0.39 is 0 Å². The third-order valence-corrected chi connectivity index (χ3v) is 3.06. The molecular formula is C11H18N2O2S. The first-order chi connectivity index (χ1) is 7.59. The summed E-state index contributed by atoms with van der Waals surface area (Å²) in [5.74, 6) is 0. The first kappa shape index (κ1) is 13.3. The minimum Gasteiger partial charge on any atom is -0.378 e. The zero-order valence-electron chi connectivity index (χ0n) is 10.0. The van der Waals surface area contributed by atoms with Gasteiger partial charge >= 0.3 is 0 Å². The monoisotopic (exact) mass is 242 g/mol. The molecule has 0 saturated carbocycles. The van der Waals surface area contributed by atoms with Gasteiger partial charge in [0.2, 0.25) is 5.43 Å². The summed E-state index contributed by atoms with van der Waals surface area (Å²) in [7, 11) is 3.78. The fourth-order valence-corrected chi connectivity index (χ4v) is 1.74. The van der Waals surface area contributed by atoms with Gasteiger partial charge in [0.05, 0.1) is 23.4 Å². The van der Waals surface area contributed by atoms with Crippen molar-refractivity contribution in [3.8, 4) is 0 Å². The lowest BCUT2D eigenvalue weighted by atomic mass is 10.1. The molecule has 5 heteroatoms. The molecule has 0 unspecified atom stereocenters. The lowest BCUT2D eigenvalue weighted by Crippen LogP contribution is -2.32. The summed E-state index contributed by atoms with van der Waals surface area (Å²) in [5.41, 5.74) is 1.66. The molecule has 1 N–H and O–H groups in total. The molecule has 0 amide bonds. The number of likely N-dealkylation sites (N-methyl/N-ethyl adjacent to an activating group) is 2. The quantitative estimate of drug-likeness (QED) is 0.561. The van der Waals surface area contributed by atoms with Gasteiger partial charge in [-0.1, -0.05) is 12.2 Å². The van der Waals surface area contributed by atoms with Crippen LogP contribution in [0.25, 0.3) is 0 Å². The Hall–Kier alpha value is -0.780. The third kappa shape index (κ3) is 2.87. The molecule has 0 fully saturated rings. The van der Waals surface area contributed by atoms with Crippen LogP contribution in [0.5, 0.6) is 0 Å². The second-order valence-corrected chi connectivity index (χ2v) is 4.18. The zero-order chi connectivity index (χ0) is 12.1. The standard InChI is InChI=1S/C11H18N2O2S/c1-8-9(10(14)11(8)16)13(3)5-7-15-6-4-12-2/h12H,4-7H2,1-3H3. The van der Waals surface area contributed by atoms with Crippen LogP contribution in [0.2, 0.25) is 0 Å². The lowest BCUT2D eigenvalue weighted by Gasteiger charge is -2.22. The number of hydrogen-bond donors (Lipinski definition) is 1. The van der Waals surface area contributed by atoms with Crippen LogP contribution in [0.1, 0.15) is 5.56 Å². The second kappa shape index (κ2) is 6.08. The minimum atomic E-state index is -0.00905. The molecule has 0 aromatic heterocycles. The largest absolute Gasteiger partial charge is 0.378 e. The zero-order valence-corrected chi connectivity index (χ0v) is 10.8. The van der Waals surface area contributed by atoms with Gasteiger partial charge in [0.15, 0.2) is 0 Å². The number of nitrogens with one attached hydrogen (secondary N) is 1. The Kier molecular flexibility index (Phi) is 5.05. The van der Waals surface area contributed by atoms with Crippen molar-refractivity contribution in [2.75, 3.05) is 45.3 Å². The van der Waals surface area contributed by atoms with E-state index in [4.69, 9.17) is 17.0 Å². The van der Waals surface area contributed by atoms with Crippen molar-refractivity contribution in [1.82, 2.24) is 5.32 Å². The van der Waals surface area contributed by atoms with Crippen molar-refractivity contribution in [1.29, 1.82) is 0 Å². The molecule has 4 nitrogen and oxygen atoms in total. The van der Waals surface area contributed by atoms with Crippen LogP contribution in [0, 0.1) is 11.4 Å². The Morgan fingerprint density at radius 2 is 2.12 bits per heavy atom. The van der Waals surface area contributed by atoms with Crippen molar-refractivity contribution >= 4 is 17.9 Å². The van der Waals surface area contributed by atoms with E-state index in [2.05, 4.69) is 5.32 Å². The normalized spacial score (nSPS) is 10.9. The molecule has 1 aromatic rings. The van der Waals surface area contributed by atoms with E-state index in [9.17, 15) is 4.79 Å². The van der Waals surface area contributed by atoms with Crippen LogP contribution in [0.15, 0.2) is 4.79 Å². The first-order valence-electron chi connectivity index (χ1n) is 5.33. The van der Waals surface area contributed by atoms with Crippen LogP contribution < -0.4 is 15.6 Å². The third-order valence-electron chi connectivity index (χ3n) is 2.57. The Bertz CT molecular complexity index is 410.